The van der Waals surface area contributed by atoms with E-state index < -0.39 is 0 Å². The van der Waals surface area contributed by atoms with Gasteiger partial charge < -0.3 is 9.14 Å². The number of esters is 1. The molecule has 0 saturated heterocycles. The molecule has 0 N–H and O–H groups in total. The fourth-order valence-corrected chi connectivity index (χ4v) is 1.85. The largest absolute Gasteiger partial charge is 0.465 e. The van der Waals surface area contributed by atoms with Gasteiger partial charge in [-0.15, -0.1) is 0 Å². The van der Waals surface area contributed by atoms with Gasteiger partial charge in [-0.05, 0) is 12.1 Å². The van der Waals surface area contributed by atoms with Gasteiger partial charge in [0.2, 0.25) is 0 Å². The summed E-state index contributed by atoms with van der Waals surface area (Å²) in [6, 6.07) is 3.37. The standard InChI is InChI=1S/C11H11ClN2O2/c1-3-9-13-10(12)8-6-7(11(15)16-2)4-5-14(8)9/h4-6H,3H2,1-2H3. The van der Waals surface area contributed by atoms with Crippen molar-refractivity contribution in [2.24, 2.45) is 0 Å². The third-order valence-corrected chi connectivity index (χ3v) is 2.69. The molecule has 84 valence electrons. The van der Waals surface area contributed by atoms with E-state index in [0.717, 1.165) is 17.8 Å². The highest BCUT2D eigenvalue weighted by Gasteiger charge is 2.11. The highest BCUT2D eigenvalue weighted by molar-refractivity contribution is 6.32. The summed E-state index contributed by atoms with van der Waals surface area (Å²) in [5.41, 5.74) is 1.20. The van der Waals surface area contributed by atoms with Crippen molar-refractivity contribution in [3.63, 3.8) is 0 Å². The Labute approximate surface area is 97.8 Å². The van der Waals surface area contributed by atoms with Gasteiger partial charge >= 0.3 is 5.97 Å². The third kappa shape index (κ3) is 1.65. The topological polar surface area (TPSA) is 43.6 Å². The Hall–Kier alpha value is -1.55. The van der Waals surface area contributed by atoms with Crippen LogP contribution in [-0.4, -0.2) is 22.5 Å². The second-order valence-corrected chi connectivity index (χ2v) is 3.69. The van der Waals surface area contributed by atoms with Gasteiger partial charge in [-0.2, -0.15) is 0 Å². The molecule has 0 aliphatic rings. The van der Waals surface area contributed by atoms with Crippen LogP contribution in [0.15, 0.2) is 18.3 Å². The van der Waals surface area contributed by atoms with Crippen molar-refractivity contribution in [1.82, 2.24) is 9.38 Å². The number of ether oxygens (including phenoxy) is 1. The molecule has 2 rings (SSSR count). The summed E-state index contributed by atoms with van der Waals surface area (Å²) in [6.07, 6.45) is 2.56. The van der Waals surface area contributed by atoms with E-state index in [1.807, 2.05) is 11.3 Å². The zero-order valence-corrected chi connectivity index (χ0v) is 9.78. The monoisotopic (exact) mass is 238 g/mol. The van der Waals surface area contributed by atoms with Crippen LogP contribution in [0.3, 0.4) is 0 Å². The maximum absolute atomic E-state index is 11.3. The molecule has 0 radical (unpaired) electrons. The minimum Gasteiger partial charge on any atom is -0.465 e. The van der Waals surface area contributed by atoms with Crippen molar-refractivity contribution in [1.29, 1.82) is 0 Å². The zero-order valence-electron chi connectivity index (χ0n) is 9.03. The van der Waals surface area contributed by atoms with Crippen molar-refractivity contribution < 1.29 is 9.53 Å². The summed E-state index contributed by atoms with van der Waals surface area (Å²) in [7, 11) is 1.35. The molecule has 0 saturated carbocycles. The number of fused-ring (bicyclic) bond motifs is 1. The molecule has 0 amide bonds. The second kappa shape index (κ2) is 4.14. The smallest absolute Gasteiger partial charge is 0.337 e. The maximum atomic E-state index is 11.3. The average molecular weight is 239 g/mol. The molecule has 0 aliphatic carbocycles. The Kier molecular flexibility index (Phi) is 2.83. The lowest BCUT2D eigenvalue weighted by atomic mass is 10.2. The minimum absolute atomic E-state index is 0.377. The van der Waals surface area contributed by atoms with Crippen molar-refractivity contribution >= 4 is 23.1 Å². The summed E-state index contributed by atoms with van der Waals surface area (Å²) in [5, 5.41) is 0.405. The molecule has 0 bridgehead atoms. The fraction of sp³-hybridized carbons (Fsp3) is 0.273. The fourth-order valence-electron chi connectivity index (χ4n) is 1.60. The predicted molar refractivity (Wildman–Crippen MR) is 60.9 cm³/mol. The van der Waals surface area contributed by atoms with Crippen molar-refractivity contribution in [2.45, 2.75) is 13.3 Å². The molecular weight excluding hydrogens is 228 g/mol. The quantitative estimate of drug-likeness (QED) is 0.755. The highest BCUT2D eigenvalue weighted by atomic mass is 35.5. The van der Waals surface area contributed by atoms with E-state index in [0.29, 0.717) is 10.7 Å². The SMILES string of the molecule is CCc1nc(Cl)c2cc(C(=O)OC)ccn12. The van der Waals surface area contributed by atoms with Crippen LogP contribution in [0, 0.1) is 0 Å². The number of rotatable bonds is 2. The normalized spacial score (nSPS) is 10.7. The first kappa shape index (κ1) is 11.0. The summed E-state index contributed by atoms with van der Waals surface area (Å²) < 4.78 is 6.52. The van der Waals surface area contributed by atoms with Crippen LogP contribution in [0.1, 0.15) is 23.1 Å². The number of halogens is 1. The van der Waals surface area contributed by atoms with E-state index in [-0.39, 0.29) is 5.97 Å². The van der Waals surface area contributed by atoms with Gasteiger partial charge in [0.05, 0.1) is 18.2 Å². The van der Waals surface area contributed by atoms with Gasteiger partial charge in [0, 0.05) is 12.6 Å². The molecule has 2 heterocycles. The summed E-state index contributed by atoms with van der Waals surface area (Å²) in [5.74, 6) is 0.495. The number of hydrogen-bond acceptors (Lipinski definition) is 3. The Morgan fingerprint density at radius 3 is 3.00 bits per heavy atom. The van der Waals surface area contributed by atoms with E-state index in [1.165, 1.54) is 7.11 Å². The van der Waals surface area contributed by atoms with Gasteiger partial charge in [0.1, 0.15) is 5.82 Å². The minimum atomic E-state index is -0.377. The number of aryl methyl sites for hydroxylation is 1. The lowest BCUT2D eigenvalue weighted by molar-refractivity contribution is 0.0601. The lowest BCUT2D eigenvalue weighted by Gasteiger charge is -2.01. The first-order valence-corrected chi connectivity index (χ1v) is 5.30. The van der Waals surface area contributed by atoms with E-state index >= 15 is 0 Å². The summed E-state index contributed by atoms with van der Waals surface area (Å²) in [4.78, 5) is 15.6. The molecule has 16 heavy (non-hydrogen) atoms. The van der Waals surface area contributed by atoms with Crippen molar-refractivity contribution in [3.05, 3.63) is 34.9 Å². The molecule has 0 atom stereocenters. The molecule has 2 aromatic heterocycles. The van der Waals surface area contributed by atoms with Crippen molar-refractivity contribution in [3.8, 4) is 0 Å². The van der Waals surface area contributed by atoms with Crippen LogP contribution < -0.4 is 0 Å². The molecule has 0 spiro atoms. The Morgan fingerprint density at radius 1 is 1.62 bits per heavy atom. The zero-order chi connectivity index (χ0) is 11.7. The van der Waals surface area contributed by atoms with Crippen LogP contribution in [0.25, 0.3) is 5.52 Å². The predicted octanol–water partition coefficient (Wildman–Crippen LogP) is 2.34. The molecule has 4 nitrogen and oxygen atoms in total. The van der Waals surface area contributed by atoms with Crippen molar-refractivity contribution in [2.75, 3.05) is 7.11 Å². The number of nitrogens with zero attached hydrogens (tertiary/aromatic N) is 2. The highest BCUT2D eigenvalue weighted by Crippen LogP contribution is 2.20. The number of carbonyl (C=O) groups is 1. The van der Waals surface area contributed by atoms with Crippen LogP contribution in [0.2, 0.25) is 5.15 Å². The second-order valence-electron chi connectivity index (χ2n) is 3.33. The molecule has 0 fully saturated rings. The van der Waals surface area contributed by atoms with Crippen LogP contribution in [0.4, 0.5) is 0 Å². The van der Waals surface area contributed by atoms with Crippen LogP contribution >= 0.6 is 11.6 Å². The Balaban J connectivity index is 2.62. The Bertz CT molecular complexity index is 548. The molecule has 0 aliphatic heterocycles. The number of imidazole rings is 1. The van der Waals surface area contributed by atoms with Gasteiger partial charge in [0.15, 0.2) is 5.15 Å². The van der Waals surface area contributed by atoms with E-state index in [2.05, 4.69) is 9.72 Å². The number of pyridine rings is 1. The first-order valence-electron chi connectivity index (χ1n) is 4.92. The van der Waals surface area contributed by atoms with Gasteiger partial charge in [-0.1, -0.05) is 18.5 Å². The first-order chi connectivity index (χ1) is 7.67. The Morgan fingerprint density at radius 2 is 2.38 bits per heavy atom. The van der Waals surface area contributed by atoms with E-state index in [9.17, 15) is 4.79 Å². The average Bonchev–Trinajstić information content (AvgIpc) is 2.64. The summed E-state index contributed by atoms with van der Waals surface area (Å²) in [6.45, 7) is 2.00. The molecule has 0 aromatic carbocycles. The molecular formula is C11H11ClN2O2. The van der Waals surface area contributed by atoms with Gasteiger partial charge in [-0.3, -0.25) is 0 Å². The van der Waals surface area contributed by atoms with E-state index in [4.69, 9.17) is 11.6 Å². The van der Waals surface area contributed by atoms with Gasteiger partial charge in [0.25, 0.3) is 0 Å². The number of carbonyl (C=O) groups excluding carboxylic acids is 1. The molecule has 2 aromatic rings. The van der Waals surface area contributed by atoms with Crippen LogP contribution in [-0.2, 0) is 11.2 Å². The maximum Gasteiger partial charge on any atom is 0.337 e. The lowest BCUT2D eigenvalue weighted by Crippen LogP contribution is -2.02. The molecule has 5 heteroatoms. The summed E-state index contributed by atoms with van der Waals surface area (Å²) >= 11 is 5.99. The van der Waals surface area contributed by atoms with Crippen LogP contribution in [0.5, 0.6) is 0 Å². The molecule has 0 unspecified atom stereocenters. The van der Waals surface area contributed by atoms with Gasteiger partial charge in [-0.25, -0.2) is 9.78 Å². The number of hydrogen-bond donors (Lipinski definition) is 0. The third-order valence-electron chi connectivity index (χ3n) is 2.41. The number of methoxy groups -OCH3 is 1. The van der Waals surface area contributed by atoms with E-state index in [1.54, 1.807) is 18.3 Å². The number of aromatic nitrogens is 2.